The number of benzene rings is 3. The Morgan fingerprint density at radius 3 is 2.32 bits per heavy atom. The lowest BCUT2D eigenvalue weighted by atomic mass is 10.0. The maximum atomic E-state index is 13.8. The molecule has 0 aromatic heterocycles. The van der Waals surface area contributed by atoms with E-state index in [2.05, 4.69) is 36.5 Å². The summed E-state index contributed by atoms with van der Waals surface area (Å²) < 4.78 is 5.42. The summed E-state index contributed by atoms with van der Waals surface area (Å²) in [5, 5.41) is 3.27. The van der Waals surface area contributed by atoms with Gasteiger partial charge < -0.3 is 15.0 Å². The molecule has 3 aromatic carbocycles. The molecule has 1 N–H and O–H groups in total. The smallest absolute Gasteiger partial charge is 0.243 e. The Kier molecular flexibility index (Phi) is 9.36. The van der Waals surface area contributed by atoms with E-state index in [1.807, 2.05) is 54.6 Å². The lowest BCUT2D eigenvalue weighted by Gasteiger charge is -2.32. The number of nitrogens with zero attached hydrogens (tertiary/aromatic N) is 1. The van der Waals surface area contributed by atoms with Gasteiger partial charge in [0.2, 0.25) is 11.8 Å². The maximum Gasteiger partial charge on any atom is 0.243 e. The molecule has 1 atom stereocenters. The predicted molar refractivity (Wildman–Crippen MR) is 147 cm³/mol. The van der Waals surface area contributed by atoms with Gasteiger partial charge in [-0.05, 0) is 55.0 Å². The van der Waals surface area contributed by atoms with E-state index >= 15 is 0 Å². The minimum Gasteiger partial charge on any atom is -0.497 e. The van der Waals surface area contributed by atoms with Crippen LogP contribution in [-0.4, -0.2) is 35.9 Å². The van der Waals surface area contributed by atoms with Gasteiger partial charge >= 0.3 is 0 Å². The van der Waals surface area contributed by atoms with E-state index in [1.54, 1.807) is 12.0 Å². The van der Waals surface area contributed by atoms with Crippen molar-refractivity contribution in [2.75, 3.05) is 7.11 Å². The van der Waals surface area contributed by atoms with Crippen LogP contribution in [0.4, 0.5) is 0 Å². The van der Waals surface area contributed by atoms with Crippen molar-refractivity contribution in [2.24, 2.45) is 0 Å². The summed E-state index contributed by atoms with van der Waals surface area (Å²) in [5.41, 5.74) is 4.29. The number of nitrogens with one attached hydrogen (secondary N) is 1. The number of methoxy groups -OCH3 is 1. The second-order valence-corrected chi connectivity index (χ2v) is 10.1. The molecular formula is C32H38N2O3. The summed E-state index contributed by atoms with van der Waals surface area (Å²) >= 11 is 0. The Morgan fingerprint density at radius 1 is 0.919 bits per heavy atom. The van der Waals surface area contributed by atoms with E-state index in [9.17, 15) is 9.59 Å². The van der Waals surface area contributed by atoms with E-state index in [0.29, 0.717) is 25.8 Å². The van der Waals surface area contributed by atoms with Crippen molar-refractivity contribution in [2.45, 2.75) is 70.5 Å². The fourth-order valence-corrected chi connectivity index (χ4v) is 5.04. The maximum absolute atomic E-state index is 13.8. The molecular weight excluding hydrogens is 460 g/mol. The number of carbonyl (C=O) groups excluding carboxylic acids is 2. The third-order valence-electron chi connectivity index (χ3n) is 7.21. The summed E-state index contributed by atoms with van der Waals surface area (Å²) in [6, 6.07) is 25.6. The topological polar surface area (TPSA) is 58.6 Å². The van der Waals surface area contributed by atoms with E-state index in [4.69, 9.17) is 4.74 Å². The highest BCUT2D eigenvalue weighted by atomic mass is 16.5. The van der Waals surface area contributed by atoms with Crippen LogP contribution < -0.4 is 10.1 Å². The van der Waals surface area contributed by atoms with Crippen LogP contribution in [-0.2, 0) is 29.0 Å². The molecule has 1 unspecified atom stereocenters. The second-order valence-electron chi connectivity index (χ2n) is 10.1. The number of amides is 2. The first-order valence-corrected chi connectivity index (χ1v) is 13.3. The second kappa shape index (κ2) is 13.1. The third-order valence-corrected chi connectivity index (χ3v) is 7.21. The molecule has 1 saturated carbocycles. The number of hydrogen-bond acceptors (Lipinski definition) is 3. The van der Waals surface area contributed by atoms with Gasteiger partial charge in [0, 0.05) is 25.4 Å². The van der Waals surface area contributed by atoms with Gasteiger partial charge in [-0.25, -0.2) is 0 Å². The summed E-state index contributed by atoms with van der Waals surface area (Å²) in [6.45, 7) is 2.40. The van der Waals surface area contributed by atoms with Gasteiger partial charge in [-0.1, -0.05) is 85.1 Å². The average molecular weight is 499 g/mol. The van der Waals surface area contributed by atoms with Gasteiger partial charge in [-0.15, -0.1) is 0 Å². The standard InChI is InChI=1S/C32H38N2O3/c1-24-15-17-25(18-16-24)19-20-31(35)34(23-27-11-8-14-29(21-27)37-2)30(22-26-9-4-3-5-10-26)32(36)33-28-12-6-7-13-28/h3-5,8-11,14-18,21,28,30H,6-7,12-13,19-20,22-23H2,1-2H3,(H,33,36). The molecule has 0 aliphatic heterocycles. The van der Waals surface area contributed by atoms with Crippen LogP contribution in [0.1, 0.15) is 54.4 Å². The Hall–Kier alpha value is -3.60. The minimum atomic E-state index is -0.597. The van der Waals surface area contributed by atoms with Crippen molar-refractivity contribution in [3.8, 4) is 5.75 Å². The zero-order valence-electron chi connectivity index (χ0n) is 22.0. The van der Waals surface area contributed by atoms with Gasteiger partial charge in [-0.2, -0.15) is 0 Å². The molecule has 0 spiro atoms. The Bertz CT molecular complexity index is 1150. The highest BCUT2D eigenvalue weighted by molar-refractivity contribution is 5.88. The SMILES string of the molecule is COc1cccc(CN(C(=O)CCc2ccc(C)cc2)C(Cc2ccccc2)C(=O)NC2CCCC2)c1. The first-order chi connectivity index (χ1) is 18.0. The van der Waals surface area contributed by atoms with Gasteiger partial charge in [0.05, 0.1) is 7.11 Å². The van der Waals surface area contributed by atoms with Gasteiger partial charge in [0.15, 0.2) is 0 Å². The summed E-state index contributed by atoms with van der Waals surface area (Å²) in [4.78, 5) is 29.4. The molecule has 0 bridgehead atoms. The summed E-state index contributed by atoms with van der Waals surface area (Å²) in [5.74, 6) is 0.646. The van der Waals surface area contributed by atoms with E-state index in [0.717, 1.165) is 48.1 Å². The fraction of sp³-hybridized carbons (Fsp3) is 0.375. The molecule has 1 aliphatic rings. The molecule has 0 radical (unpaired) electrons. The number of ether oxygens (including phenoxy) is 1. The molecule has 1 aliphatic carbocycles. The molecule has 1 fully saturated rings. The summed E-state index contributed by atoms with van der Waals surface area (Å²) in [6.07, 6.45) is 5.72. The molecule has 0 heterocycles. The Labute approximate surface area is 220 Å². The molecule has 0 saturated heterocycles. The van der Waals surface area contributed by atoms with Crippen LogP contribution in [0.25, 0.3) is 0 Å². The van der Waals surface area contributed by atoms with Crippen LogP contribution >= 0.6 is 0 Å². The van der Waals surface area contributed by atoms with Crippen molar-refractivity contribution >= 4 is 11.8 Å². The molecule has 5 heteroatoms. The normalized spacial score (nSPS) is 14.2. The van der Waals surface area contributed by atoms with Gasteiger partial charge in [0.1, 0.15) is 11.8 Å². The van der Waals surface area contributed by atoms with Crippen LogP contribution in [0.3, 0.4) is 0 Å². The largest absolute Gasteiger partial charge is 0.497 e. The van der Waals surface area contributed by atoms with Crippen LogP contribution in [0.2, 0.25) is 0 Å². The molecule has 194 valence electrons. The fourth-order valence-electron chi connectivity index (χ4n) is 5.04. The average Bonchev–Trinajstić information content (AvgIpc) is 3.44. The molecule has 37 heavy (non-hydrogen) atoms. The molecule has 5 nitrogen and oxygen atoms in total. The number of carbonyl (C=O) groups is 2. The van der Waals surface area contributed by atoms with Crippen molar-refractivity contribution in [3.05, 3.63) is 101 Å². The van der Waals surface area contributed by atoms with Crippen molar-refractivity contribution < 1.29 is 14.3 Å². The lowest BCUT2D eigenvalue weighted by molar-refractivity contribution is -0.141. The summed E-state index contributed by atoms with van der Waals surface area (Å²) in [7, 11) is 1.64. The number of hydrogen-bond donors (Lipinski definition) is 1. The number of rotatable bonds is 11. The molecule has 4 rings (SSSR count). The highest BCUT2D eigenvalue weighted by Crippen LogP contribution is 2.22. The van der Waals surface area contributed by atoms with Crippen LogP contribution in [0, 0.1) is 6.92 Å². The van der Waals surface area contributed by atoms with E-state index in [-0.39, 0.29) is 17.9 Å². The zero-order valence-corrected chi connectivity index (χ0v) is 22.0. The predicted octanol–water partition coefficient (Wildman–Crippen LogP) is 5.64. The Balaban J connectivity index is 1.61. The van der Waals surface area contributed by atoms with Crippen LogP contribution in [0.15, 0.2) is 78.9 Å². The minimum absolute atomic E-state index is 0.0223. The van der Waals surface area contributed by atoms with Crippen molar-refractivity contribution in [1.29, 1.82) is 0 Å². The van der Waals surface area contributed by atoms with Gasteiger partial charge in [-0.3, -0.25) is 9.59 Å². The third kappa shape index (κ3) is 7.69. The highest BCUT2D eigenvalue weighted by Gasteiger charge is 2.32. The zero-order chi connectivity index (χ0) is 26.0. The van der Waals surface area contributed by atoms with E-state index in [1.165, 1.54) is 5.56 Å². The molecule has 2 amide bonds. The number of aryl methyl sites for hydroxylation is 2. The first kappa shape index (κ1) is 26.5. The van der Waals surface area contributed by atoms with Gasteiger partial charge in [0.25, 0.3) is 0 Å². The molecule has 3 aromatic rings. The Morgan fingerprint density at radius 2 is 1.62 bits per heavy atom. The van der Waals surface area contributed by atoms with E-state index < -0.39 is 6.04 Å². The van der Waals surface area contributed by atoms with Crippen LogP contribution in [0.5, 0.6) is 5.75 Å². The van der Waals surface area contributed by atoms with Crippen molar-refractivity contribution in [3.63, 3.8) is 0 Å². The van der Waals surface area contributed by atoms with Crippen molar-refractivity contribution in [1.82, 2.24) is 10.2 Å². The quantitative estimate of drug-likeness (QED) is 0.372. The lowest BCUT2D eigenvalue weighted by Crippen LogP contribution is -2.52. The monoisotopic (exact) mass is 498 g/mol. The first-order valence-electron chi connectivity index (χ1n) is 13.3.